The molecule has 0 amide bonds. The molecule has 0 radical (unpaired) electrons. The summed E-state index contributed by atoms with van der Waals surface area (Å²) in [5.74, 6) is 3.34. The Labute approximate surface area is 81.3 Å². The second-order valence-corrected chi connectivity index (χ2v) is 15.0. The summed E-state index contributed by atoms with van der Waals surface area (Å²) in [5, 5.41) is 0. The molecule has 4 saturated heterocycles. The van der Waals surface area contributed by atoms with Gasteiger partial charge in [-0.25, -0.2) is 0 Å². The monoisotopic (exact) mass is 216 g/mol. The van der Waals surface area contributed by atoms with E-state index in [2.05, 4.69) is 13.3 Å². The van der Waals surface area contributed by atoms with Gasteiger partial charge in [-0.2, -0.15) is 0 Å². The minimum absolute atomic E-state index is 0.540. The predicted octanol–water partition coefficient (Wildman–Crippen LogP) is 2.08. The van der Waals surface area contributed by atoms with Crippen LogP contribution < -0.4 is 0 Å². The molecule has 0 unspecified atom stereocenters. The Morgan fingerprint density at radius 2 is 1.38 bits per heavy atom. The highest BCUT2D eigenvalue weighted by Gasteiger charge is 2.66. The summed E-state index contributed by atoms with van der Waals surface area (Å²) in [7, 11) is -1.19. The van der Waals surface area contributed by atoms with Crippen molar-refractivity contribution in [3.8, 4) is 0 Å². The van der Waals surface area contributed by atoms with Crippen molar-refractivity contribution >= 4 is 20.3 Å². The zero-order valence-corrected chi connectivity index (χ0v) is 10.3. The van der Waals surface area contributed by atoms with Gasteiger partial charge in [0.15, 0.2) is 11.7 Å². The molecule has 13 heavy (non-hydrogen) atoms. The zero-order chi connectivity index (χ0) is 9.27. The van der Waals surface area contributed by atoms with Crippen molar-refractivity contribution in [2.24, 2.45) is 11.8 Å². The number of ketones is 1. The molecular weight excluding hydrogens is 198 g/mol. The van der Waals surface area contributed by atoms with Crippen molar-refractivity contribution in [3.63, 3.8) is 0 Å². The molecule has 4 heterocycles. The van der Waals surface area contributed by atoms with E-state index >= 15 is 0 Å². The lowest BCUT2D eigenvalue weighted by Crippen LogP contribution is -2.50. The molecule has 1 nitrogen and oxygen atoms in total. The van der Waals surface area contributed by atoms with Gasteiger partial charge in [0, 0.05) is 0 Å². The van der Waals surface area contributed by atoms with E-state index in [-0.39, 0.29) is 0 Å². The van der Waals surface area contributed by atoms with Crippen LogP contribution >= 0.6 is 14.5 Å². The fourth-order valence-electron chi connectivity index (χ4n) is 4.14. The van der Waals surface area contributed by atoms with Crippen LogP contribution in [0.25, 0.3) is 0 Å². The average Bonchev–Trinajstić information content (AvgIpc) is 1.94. The molecule has 0 spiro atoms. The molecule has 3 heteroatoms. The first-order chi connectivity index (χ1) is 6.00. The number of carbonyl (C=O) groups is 1. The van der Waals surface area contributed by atoms with Gasteiger partial charge in [-0.1, -0.05) is 0 Å². The predicted molar refractivity (Wildman–Crippen MR) is 62.0 cm³/mol. The lowest BCUT2D eigenvalue weighted by molar-refractivity contribution is -0.125. The van der Waals surface area contributed by atoms with E-state index in [9.17, 15) is 4.79 Å². The summed E-state index contributed by atoms with van der Waals surface area (Å²) >= 11 is 0. The Kier molecular flexibility index (Phi) is 1.60. The van der Waals surface area contributed by atoms with Gasteiger partial charge in [0.05, 0.1) is 64.3 Å². The maximum atomic E-state index is 11.9. The zero-order valence-electron chi connectivity index (χ0n) is 8.49. The van der Waals surface area contributed by atoms with E-state index < -0.39 is 14.5 Å². The van der Waals surface area contributed by atoms with Gasteiger partial charge in [0.1, 0.15) is 0 Å². The Balaban J connectivity index is 2.04. The van der Waals surface area contributed by atoms with E-state index in [0.29, 0.717) is 17.6 Å². The van der Waals surface area contributed by atoms with Gasteiger partial charge in [-0.15, -0.1) is 0 Å². The normalized spacial score (nSPS) is 58.8. The van der Waals surface area contributed by atoms with Crippen LogP contribution in [-0.4, -0.2) is 49.7 Å². The number of rotatable bonds is 0. The molecular formula is C10H18OP2+2. The highest BCUT2D eigenvalue weighted by molar-refractivity contribution is 7.92. The SMILES string of the molecule is C[P+]12CC3C[P+](C)(CC(C1)C3=O)C2. The molecule has 72 valence electrons. The van der Waals surface area contributed by atoms with Gasteiger partial charge >= 0.3 is 0 Å². The molecule has 4 fully saturated rings. The van der Waals surface area contributed by atoms with Crippen molar-refractivity contribution < 1.29 is 4.79 Å². The van der Waals surface area contributed by atoms with Crippen LogP contribution in [0.5, 0.6) is 0 Å². The average molecular weight is 216 g/mol. The number of carbonyl (C=O) groups excluding carboxylic acids is 1. The number of hydrogen-bond donors (Lipinski definition) is 0. The second-order valence-electron chi connectivity index (χ2n) is 5.91. The van der Waals surface area contributed by atoms with Crippen molar-refractivity contribution in [2.45, 2.75) is 0 Å². The Morgan fingerprint density at radius 3 is 1.77 bits per heavy atom. The van der Waals surface area contributed by atoms with Gasteiger partial charge in [-0.3, -0.25) is 4.79 Å². The summed E-state index contributed by atoms with van der Waals surface area (Å²) < 4.78 is 0. The molecule has 0 N–H and O–H groups in total. The molecule has 0 aromatic heterocycles. The number of Topliss-reactive ketones (excluding diaryl/α,β-unsaturated/α-hetero) is 1. The van der Waals surface area contributed by atoms with Crippen LogP contribution in [-0.2, 0) is 4.79 Å². The van der Waals surface area contributed by atoms with Crippen LogP contribution in [0.4, 0.5) is 0 Å². The molecule has 0 atom stereocenters. The van der Waals surface area contributed by atoms with Gasteiger partial charge in [0.25, 0.3) is 0 Å². The van der Waals surface area contributed by atoms with Gasteiger partial charge in [0.2, 0.25) is 0 Å². The largest absolute Gasteiger partial charge is 0.298 e. The maximum absolute atomic E-state index is 11.9. The summed E-state index contributed by atoms with van der Waals surface area (Å²) in [6.07, 6.45) is 5.33. The van der Waals surface area contributed by atoms with E-state index in [4.69, 9.17) is 0 Å². The Bertz CT molecular complexity index is 249. The highest BCUT2D eigenvalue weighted by Crippen LogP contribution is 2.82. The lowest BCUT2D eigenvalue weighted by Gasteiger charge is -2.49. The fraction of sp³-hybridized carbons (Fsp3) is 0.900. The third-order valence-electron chi connectivity index (χ3n) is 4.13. The summed E-state index contributed by atoms with van der Waals surface area (Å²) in [6.45, 7) is 5.08. The molecule has 0 aliphatic carbocycles. The first-order valence-electron chi connectivity index (χ1n) is 5.21. The standard InChI is InChI=1S/C10H18OP2/c1-12-3-8-5-13(2,7-12)6-9(4-12)10(8)11/h8-9H,3-7H2,1-2H3/q+2. The highest BCUT2D eigenvalue weighted by atomic mass is 31.2. The van der Waals surface area contributed by atoms with E-state index in [1.165, 1.54) is 24.6 Å². The smallest absolute Gasteiger partial charge is 0.159 e. The molecule has 0 saturated carbocycles. The molecule has 0 aromatic rings. The third kappa shape index (κ3) is 1.17. The first kappa shape index (κ1) is 8.81. The van der Waals surface area contributed by atoms with Crippen LogP contribution in [0.2, 0.25) is 0 Å². The number of hydrogen-bond acceptors (Lipinski definition) is 1. The van der Waals surface area contributed by atoms with Crippen molar-refractivity contribution in [2.75, 3.05) is 43.9 Å². The lowest BCUT2D eigenvalue weighted by atomic mass is 9.97. The van der Waals surface area contributed by atoms with Crippen LogP contribution in [0, 0.1) is 11.8 Å². The fourth-order valence-corrected chi connectivity index (χ4v) is 18.8. The summed E-state index contributed by atoms with van der Waals surface area (Å²) in [5.41, 5.74) is 0. The van der Waals surface area contributed by atoms with Crippen LogP contribution in [0.3, 0.4) is 0 Å². The van der Waals surface area contributed by atoms with Crippen molar-refractivity contribution in [3.05, 3.63) is 0 Å². The third-order valence-corrected chi connectivity index (χ3v) is 14.9. The minimum atomic E-state index is -0.594. The van der Waals surface area contributed by atoms with Gasteiger partial charge < -0.3 is 0 Å². The molecule has 4 rings (SSSR count). The first-order valence-corrected chi connectivity index (χ1v) is 10.8. The maximum Gasteiger partial charge on any atom is 0.159 e. The van der Waals surface area contributed by atoms with Crippen LogP contribution in [0.15, 0.2) is 0 Å². The van der Waals surface area contributed by atoms with Crippen molar-refractivity contribution in [1.82, 2.24) is 0 Å². The summed E-state index contributed by atoms with van der Waals surface area (Å²) in [6, 6.07) is 0. The quantitative estimate of drug-likeness (QED) is 0.566. The molecule has 4 bridgehead atoms. The Hall–Kier alpha value is 0.530. The van der Waals surface area contributed by atoms with E-state index in [0.717, 1.165) is 0 Å². The van der Waals surface area contributed by atoms with E-state index in [1.54, 1.807) is 5.90 Å². The second kappa shape index (κ2) is 2.37. The van der Waals surface area contributed by atoms with Crippen molar-refractivity contribution in [1.29, 1.82) is 0 Å². The summed E-state index contributed by atoms with van der Waals surface area (Å²) in [4.78, 5) is 11.9. The van der Waals surface area contributed by atoms with E-state index in [1.807, 2.05) is 0 Å². The Morgan fingerprint density at radius 1 is 1.00 bits per heavy atom. The topological polar surface area (TPSA) is 17.1 Å². The molecule has 0 aromatic carbocycles. The minimum Gasteiger partial charge on any atom is -0.298 e. The van der Waals surface area contributed by atoms with Gasteiger partial charge in [-0.05, 0) is 0 Å². The molecule has 4 aliphatic rings. The molecule has 4 aliphatic heterocycles. The van der Waals surface area contributed by atoms with Crippen LogP contribution in [0.1, 0.15) is 0 Å².